The molecule has 0 amide bonds. The van der Waals surface area contributed by atoms with E-state index in [-0.39, 0.29) is 10.9 Å². The number of nitrogens with one attached hydrogen (secondary N) is 1. The average Bonchev–Trinajstić information content (AvgIpc) is 2.40. The first-order valence-electron chi connectivity index (χ1n) is 6.48. The summed E-state index contributed by atoms with van der Waals surface area (Å²) in [6.07, 6.45) is 2.68. The Hall–Kier alpha value is -0.920. The third-order valence-corrected chi connectivity index (χ3v) is 5.02. The highest BCUT2D eigenvalue weighted by Gasteiger charge is 2.23. The minimum absolute atomic E-state index is 0.0962. The molecule has 0 radical (unpaired) electrons. The summed E-state index contributed by atoms with van der Waals surface area (Å²) in [5.74, 6) is 1.05. The molecule has 0 saturated carbocycles. The molecule has 0 aliphatic heterocycles. The van der Waals surface area contributed by atoms with Gasteiger partial charge in [-0.1, -0.05) is 6.92 Å². The Bertz CT molecular complexity index is 532. The van der Waals surface area contributed by atoms with Crippen molar-refractivity contribution in [1.29, 1.82) is 0 Å². The van der Waals surface area contributed by atoms with Gasteiger partial charge in [-0.3, -0.25) is 0 Å². The topological polar surface area (TPSA) is 81.4 Å². The molecule has 0 spiro atoms. The second-order valence-corrected chi connectivity index (χ2v) is 6.91. The van der Waals surface area contributed by atoms with Gasteiger partial charge >= 0.3 is 0 Å². The molecular formula is C13H22N2O3S2. The minimum atomic E-state index is -3.64. The molecule has 5 nitrogen and oxygen atoms in total. The number of anilines is 1. The Labute approximate surface area is 125 Å². The summed E-state index contributed by atoms with van der Waals surface area (Å²) in [6, 6.07) is 4.54. The molecule has 0 fully saturated rings. The molecule has 0 aliphatic carbocycles. The van der Waals surface area contributed by atoms with E-state index < -0.39 is 10.0 Å². The largest absolute Gasteiger partial charge is 0.492 e. The Morgan fingerprint density at radius 3 is 2.65 bits per heavy atom. The molecule has 0 aromatic heterocycles. The number of hydrogen-bond acceptors (Lipinski definition) is 5. The van der Waals surface area contributed by atoms with Gasteiger partial charge in [0.15, 0.2) is 0 Å². The van der Waals surface area contributed by atoms with Crippen LogP contribution in [0.3, 0.4) is 0 Å². The number of ether oxygens (including phenoxy) is 1. The Morgan fingerprint density at radius 2 is 2.10 bits per heavy atom. The Morgan fingerprint density at radius 1 is 1.40 bits per heavy atom. The maximum atomic E-state index is 12.5. The van der Waals surface area contributed by atoms with Gasteiger partial charge in [-0.2, -0.15) is 11.8 Å². The Kier molecular flexibility index (Phi) is 6.64. The normalized spacial score (nSPS) is 13.2. The van der Waals surface area contributed by atoms with Gasteiger partial charge in [0.05, 0.1) is 6.61 Å². The number of rotatable bonds is 8. The number of thioether (sulfide) groups is 1. The quantitative estimate of drug-likeness (QED) is 0.717. The molecule has 1 rings (SSSR count). The van der Waals surface area contributed by atoms with Crippen molar-refractivity contribution < 1.29 is 13.2 Å². The van der Waals surface area contributed by atoms with Crippen molar-refractivity contribution in [2.75, 3.05) is 24.3 Å². The number of hydrogen-bond donors (Lipinski definition) is 2. The van der Waals surface area contributed by atoms with Gasteiger partial charge in [-0.05, 0) is 37.8 Å². The monoisotopic (exact) mass is 318 g/mol. The van der Waals surface area contributed by atoms with E-state index in [4.69, 9.17) is 10.5 Å². The van der Waals surface area contributed by atoms with E-state index in [1.54, 1.807) is 23.9 Å². The lowest BCUT2D eigenvalue weighted by Gasteiger charge is -2.18. The average molecular weight is 318 g/mol. The molecule has 1 atom stereocenters. The van der Waals surface area contributed by atoms with E-state index in [0.29, 0.717) is 18.0 Å². The fourth-order valence-corrected chi connectivity index (χ4v) is 4.05. The van der Waals surface area contributed by atoms with E-state index in [1.807, 2.05) is 20.1 Å². The third-order valence-electron chi connectivity index (χ3n) is 2.74. The minimum Gasteiger partial charge on any atom is -0.492 e. The second-order valence-electron chi connectivity index (χ2n) is 4.32. The van der Waals surface area contributed by atoms with Crippen LogP contribution in [0.15, 0.2) is 23.1 Å². The fourth-order valence-electron chi connectivity index (χ4n) is 1.73. The maximum Gasteiger partial charge on any atom is 0.244 e. The predicted molar refractivity (Wildman–Crippen MR) is 84.8 cm³/mol. The summed E-state index contributed by atoms with van der Waals surface area (Å²) in [5, 5.41) is 0. The van der Waals surface area contributed by atoms with Crippen LogP contribution in [-0.4, -0.2) is 33.1 Å². The van der Waals surface area contributed by atoms with E-state index >= 15 is 0 Å². The lowest BCUT2D eigenvalue weighted by atomic mass is 10.3. The molecule has 1 unspecified atom stereocenters. The van der Waals surface area contributed by atoms with Crippen LogP contribution in [0.2, 0.25) is 0 Å². The number of nitrogen functional groups attached to an aromatic ring is 1. The molecule has 20 heavy (non-hydrogen) atoms. The van der Waals surface area contributed by atoms with E-state index in [0.717, 1.165) is 12.2 Å². The highest BCUT2D eigenvalue weighted by Crippen LogP contribution is 2.26. The number of nitrogens with two attached hydrogens (primary N) is 1. The van der Waals surface area contributed by atoms with Crippen molar-refractivity contribution >= 4 is 27.5 Å². The molecule has 1 aromatic rings. The second kappa shape index (κ2) is 7.75. The summed E-state index contributed by atoms with van der Waals surface area (Å²) < 4.78 is 33.0. The maximum absolute atomic E-state index is 12.5. The summed E-state index contributed by atoms with van der Waals surface area (Å²) in [4.78, 5) is 0.0962. The van der Waals surface area contributed by atoms with Crippen molar-refractivity contribution in [3.63, 3.8) is 0 Å². The van der Waals surface area contributed by atoms with Gasteiger partial charge < -0.3 is 10.5 Å². The smallest absolute Gasteiger partial charge is 0.244 e. The third kappa shape index (κ3) is 4.57. The van der Waals surface area contributed by atoms with Crippen LogP contribution in [0, 0.1) is 0 Å². The van der Waals surface area contributed by atoms with Crippen molar-refractivity contribution in [3.05, 3.63) is 18.2 Å². The van der Waals surface area contributed by atoms with Gasteiger partial charge in [-0.25, -0.2) is 13.1 Å². The molecule has 0 saturated heterocycles. The van der Waals surface area contributed by atoms with Crippen molar-refractivity contribution in [3.8, 4) is 5.75 Å². The van der Waals surface area contributed by atoms with E-state index in [1.165, 1.54) is 6.07 Å². The first-order valence-corrected chi connectivity index (χ1v) is 9.35. The molecule has 0 aliphatic rings. The van der Waals surface area contributed by atoms with E-state index in [2.05, 4.69) is 4.72 Å². The van der Waals surface area contributed by atoms with Crippen LogP contribution in [-0.2, 0) is 10.0 Å². The zero-order valence-corrected chi connectivity index (χ0v) is 13.7. The van der Waals surface area contributed by atoms with Crippen molar-refractivity contribution in [1.82, 2.24) is 4.72 Å². The zero-order valence-electron chi connectivity index (χ0n) is 12.0. The standard InChI is InChI=1S/C13H22N2O3S2/c1-4-11(9-19-3)15-20(16,17)13-8-10(14)6-7-12(13)18-5-2/h6-8,11,15H,4-5,9,14H2,1-3H3. The van der Waals surface area contributed by atoms with Gasteiger partial charge in [0.1, 0.15) is 10.6 Å². The lowest BCUT2D eigenvalue weighted by molar-refractivity contribution is 0.331. The van der Waals surface area contributed by atoms with Crippen LogP contribution in [0.1, 0.15) is 20.3 Å². The summed E-state index contributed by atoms with van der Waals surface area (Å²) in [6.45, 7) is 4.16. The first kappa shape index (κ1) is 17.1. The number of benzene rings is 1. The van der Waals surface area contributed by atoms with Crippen LogP contribution in [0.25, 0.3) is 0 Å². The Balaban J connectivity index is 3.10. The summed E-state index contributed by atoms with van der Waals surface area (Å²) in [7, 11) is -3.64. The first-order chi connectivity index (χ1) is 9.44. The van der Waals surface area contributed by atoms with Crippen LogP contribution >= 0.6 is 11.8 Å². The lowest BCUT2D eigenvalue weighted by Crippen LogP contribution is -2.36. The van der Waals surface area contributed by atoms with Gasteiger partial charge in [0.2, 0.25) is 10.0 Å². The highest BCUT2D eigenvalue weighted by atomic mass is 32.2. The molecular weight excluding hydrogens is 296 g/mol. The van der Waals surface area contributed by atoms with Crippen LogP contribution < -0.4 is 15.2 Å². The predicted octanol–water partition coefficient (Wildman–Crippen LogP) is 2.09. The summed E-state index contributed by atoms with van der Waals surface area (Å²) in [5.41, 5.74) is 6.09. The van der Waals surface area contributed by atoms with Gasteiger partial charge in [0, 0.05) is 17.5 Å². The molecule has 3 N–H and O–H groups in total. The van der Waals surface area contributed by atoms with Gasteiger partial charge in [0.25, 0.3) is 0 Å². The SMILES string of the molecule is CCOc1ccc(N)cc1S(=O)(=O)NC(CC)CSC. The van der Waals surface area contributed by atoms with Crippen LogP contribution in [0.5, 0.6) is 5.75 Å². The van der Waals surface area contributed by atoms with Crippen molar-refractivity contribution in [2.45, 2.75) is 31.2 Å². The van der Waals surface area contributed by atoms with Crippen molar-refractivity contribution in [2.24, 2.45) is 0 Å². The molecule has 1 aromatic carbocycles. The zero-order chi connectivity index (χ0) is 15.2. The van der Waals surface area contributed by atoms with Crippen LogP contribution in [0.4, 0.5) is 5.69 Å². The fraction of sp³-hybridized carbons (Fsp3) is 0.538. The van der Waals surface area contributed by atoms with Gasteiger partial charge in [-0.15, -0.1) is 0 Å². The molecule has 114 valence electrons. The number of sulfonamides is 1. The molecule has 0 heterocycles. The molecule has 0 bridgehead atoms. The summed E-state index contributed by atoms with van der Waals surface area (Å²) >= 11 is 1.60. The van der Waals surface area contributed by atoms with E-state index in [9.17, 15) is 8.42 Å². The molecule has 7 heteroatoms. The highest BCUT2D eigenvalue weighted by molar-refractivity contribution is 7.98.